The van der Waals surface area contributed by atoms with Gasteiger partial charge in [0.15, 0.2) is 0 Å². The molecule has 4 rings (SSSR count). The highest BCUT2D eigenvalue weighted by Gasteiger charge is 2.27. The fourth-order valence-electron chi connectivity index (χ4n) is 3.13. The molecule has 0 aliphatic carbocycles. The zero-order chi connectivity index (χ0) is 17.1. The fraction of sp³-hybridized carbons (Fsp3) is 0.200. The molecule has 2 heterocycles. The SMILES string of the molecule is O=C(Nc1cnn(Cc2ccccc2)c1)C1CCOc2ccccc21. The van der Waals surface area contributed by atoms with Gasteiger partial charge in [0.05, 0.1) is 31.0 Å². The average molecular weight is 333 g/mol. The minimum absolute atomic E-state index is 0.0185. The summed E-state index contributed by atoms with van der Waals surface area (Å²) in [5.41, 5.74) is 2.83. The highest BCUT2D eigenvalue weighted by molar-refractivity contribution is 5.96. The van der Waals surface area contributed by atoms with Gasteiger partial charge < -0.3 is 10.1 Å². The van der Waals surface area contributed by atoms with E-state index in [1.807, 2.05) is 53.3 Å². The van der Waals surface area contributed by atoms with Gasteiger partial charge in [-0.1, -0.05) is 48.5 Å². The molecule has 0 saturated heterocycles. The van der Waals surface area contributed by atoms with Crippen LogP contribution in [0.15, 0.2) is 67.0 Å². The number of carbonyl (C=O) groups is 1. The number of carbonyl (C=O) groups excluding carboxylic acids is 1. The Hall–Kier alpha value is -3.08. The summed E-state index contributed by atoms with van der Waals surface area (Å²) < 4.78 is 7.45. The Bertz CT molecular complexity index is 873. The highest BCUT2D eigenvalue weighted by Crippen LogP contribution is 2.34. The van der Waals surface area contributed by atoms with Crippen LogP contribution in [0.4, 0.5) is 5.69 Å². The van der Waals surface area contributed by atoms with Crippen molar-refractivity contribution < 1.29 is 9.53 Å². The number of nitrogens with zero attached hydrogens (tertiary/aromatic N) is 2. The monoisotopic (exact) mass is 333 g/mol. The van der Waals surface area contributed by atoms with Gasteiger partial charge in [0.2, 0.25) is 5.91 Å². The molecule has 5 nitrogen and oxygen atoms in total. The summed E-state index contributed by atoms with van der Waals surface area (Å²) in [7, 11) is 0. The quantitative estimate of drug-likeness (QED) is 0.796. The summed E-state index contributed by atoms with van der Waals surface area (Å²) in [6.07, 6.45) is 4.23. The Morgan fingerprint density at radius 3 is 2.84 bits per heavy atom. The largest absolute Gasteiger partial charge is 0.493 e. The standard InChI is InChI=1S/C20H19N3O2/c24-20(18-10-11-25-19-9-5-4-8-17(18)19)22-16-12-21-23(14-16)13-15-6-2-1-3-7-15/h1-9,12,14,18H,10-11,13H2,(H,22,24). The van der Waals surface area contributed by atoms with Gasteiger partial charge in [-0.25, -0.2) is 0 Å². The Morgan fingerprint density at radius 2 is 1.96 bits per heavy atom. The van der Waals surface area contributed by atoms with E-state index in [4.69, 9.17) is 4.74 Å². The lowest BCUT2D eigenvalue weighted by Crippen LogP contribution is -2.26. The summed E-state index contributed by atoms with van der Waals surface area (Å²) in [4.78, 5) is 12.7. The van der Waals surface area contributed by atoms with Crippen molar-refractivity contribution in [2.75, 3.05) is 11.9 Å². The molecule has 1 aliphatic rings. The number of nitrogens with one attached hydrogen (secondary N) is 1. The Balaban J connectivity index is 1.45. The molecule has 3 aromatic rings. The van der Waals surface area contributed by atoms with Gasteiger partial charge in [-0.3, -0.25) is 9.48 Å². The molecule has 1 aromatic heterocycles. The van der Waals surface area contributed by atoms with E-state index >= 15 is 0 Å². The van der Waals surface area contributed by atoms with Crippen LogP contribution >= 0.6 is 0 Å². The van der Waals surface area contributed by atoms with Gasteiger partial charge >= 0.3 is 0 Å². The molecule has 1 unspecified atom stereocenters. The van der Waals surface area contributed by atoms with Crippen molar-refractivity contribution >= 4 is 11.6 Å². The number of aromatic nitrogens is 2. The lowest BCUT2D eigenvalue weighted by Gasteiger charge is -2.24. The molecule has 1 atom stereocenters. The predicted octanol–water partition coefficient (Wildman–Crippen LogP) is 3.44. The van der Waals surface area contributed by atoms with Crippen LogP contribution in [0.1, 0.15) is 23.5 Å². The van der Waals surface area contributed by atoms with Crippen molar-refractivity contribution in [1.82, 2.24) is 9.78 Å². The van der Waals surface area contributed by atoms with Crippen LogP contribution in [-0.4, -0.2) is 22.3 Å². The Kier molecular flexibility index (Phi) is 4.21. The van der Waals surface area contributed by atoms with Crippen molar-refractivity contribution in [2.45, 2.75) is 18.9 Å². The summed E-state index contributed by atoms with van der Waals surface area (Å²) in [6.45, 7) is 1.24. The summed E-state index contributed by atoms with van der Waals surface area (Å²) in [5, 5.41) is 7.31. The van der Waals surface area contributed by atoms with Crippen LogP contribution in [-0.2, 0) is 11.3 Å². The summed E-state index contributed by atoms with van der Waals surface area (Å²) >= 11 is 0. The molecule has 2 aromatic carbocycles. The molecule has 1 aliphatic heterocycles. The first-order valence-corrected chi connectivity index (χ1v) is 8.38. The van der Waals surface area contributed by atoms with Gasteiger partial charge in [0.25, 0.3) is 0 Å². The molecule has 0 spiro atoms. The number of anilines is 1. The van der Waals surface area contributed by atoms with Crippen LogP contribution in [0, 0.1) is 0 Å². The zero-order valence-electron chi connectivity index (χ0n) is 13.8. The van der Waals surface area contributed by atoms with E-state index < -0.39 is 0 Å². The van der Waals surface area contributed by atoms with Gasteiger partial charge in [0.1, 0.15) is 5.75 Å². The Morgan fingerprint density at radius 1 is 1.16 bits per heavy atom. The lowest BCUT2D eigenvalue weighted by atomic mass is 9.92. The van der Waals surface area contributed by atoms with E-state index in [0.717, 1.165) is 11.3 Å². The van der Waals surface area contributed by atoms with Crippen molar-refractivity contribution in [3.63, 3.8) is 0 Å². The van der Waals surface area contributed by atoms with Crippen molar-refractivity contribution in [2.24, 2.45) is 0 Å². The third-order valence-electron chi connectivity index (χ3n) is 4.36. The van der Waals surface area contributed by atoms with Gasteiger partial charge in [-0.2, -0.15) is 5.10 Å². The van der Waals surface area contributed by atoms with E-state index in [2.05, 4.69) is 22.5 Å². The first-order valence-electron chi connectivity index (χ1n) is 8.38. The van der Waals surface area contributed by atoms with E-state index in [1.165, 1.54) is 5.56 Å². The average Bonchev–Trinajstić information content (AvgIpc) is 3.09. The first-order chi connectivity index (χ1) is 12.3. The van der Waals surface area contributed by atoms with Crippen LogP contribution in [0.25, 0.3) is 0 Å². The molecule has 5 heteroatoms. The number of hydrogen-bond donors (Lipinski definition) is 1. The maximum absolute atomic E-state index is 12.7. The predicted molar refractivity (Wildman–Crippen MR) is 95.7 cm³/mol. The van der Waals surface area contributed by atoms with Crippen molar-refractivity contribution in [1.29, 1.82) is 0 Å². The van der Waals surface area contributed by atoms with Crippen LogP contribution in [0.3, 0.4) is 0 Å². The van der Waals surface area contributed by atoms with Crippen LogP contribution < -0.4 is 10.1 Å². The molecule has 0 fully saturated rings. The van der Waals surface area contributed by atoms with Crippen LogP contribution in [0.2, 0.25) is 0 Å². The zero-order valence-corrected chi connectivity index (χ0v) is 13.8. The number of benzene rings is 2. The fourth-order valence-corrected chi connectivity index (χ4v) is 3.13. The molecule has 0 saturated carbocycles. The van der Waals surface area contributed by atoms with E-state index in [1.54, 1.807) is 6.20 Å². The van der Waals surface area contributed by atoms with Crippen molar-refractivity contribution in [3.05, 3.63) is 78.1 Å². The molecular formula is C20H19N3O2. The van der Waals surface area contributed by atoms with Gasteiger partial charge in [-0.15, -0.1) is 0 Å². The summed E-state index contributed by atoms with van der Waals surface area (Å²) in [6, 6.07) is 17.8. The first kappa shape index (κ1) is 15.4. The van der Waals surface area contributed by atoms with Gasteiger partial charge in [0, 0.05) is 11.8 Å². The number of hydrogen-bond acceptors (Lipinski definition) is 3. The minimum atomic E-state index is -0.192. The van der Waals surface area contributed by atoms with Crippen molar-refractivity contribution in [3.8, 4) is 5.75 Å². The maximum Gasteiger partial charge on any atom is 0.232 e. The smallest absolute Gasteiger partial charge is 0.232 e. The second-order valence-corrected chi connectivity index (χ2v) is 6.13. The second kappa shape index (κ2) is 6.81. The molecule has 25 heavy (non-hydrogen) atoms. The van der Waals surface area contributed by atoms with E-state index in [9.17, 15) is 4.79 Å². The topological polar surface area (TPSA) is 56.2 Å². The molecule has 0 radical (unpaired) electrons. The number of fused-ring (bicyclic) bond motifs is 1. The second-order valence-electron chi connectivity index (χ2n) is 6.13. The summed E-state index contributed by atoms with van der Waals surface area (Å²) in [5.74, 6) is 0.589. The van der Waals surface area contributed by atoms with E-state index in [0.29, 0.717) is 25.3 Å². The Labute approximate surface area is 146 Å². The molecule has 0 bridgehead atoms. The lowest BCUT2D eigenvalue weighted by molar-refractivity contribution is -0.118. The maximum atomic E-state index is 12.7. The van der Waals surface area contributed by atoms with E-state index in [-0.39, 0.29) is 11.8 Å². The molecule has 1 amide bonds. The van der Waals surface area contributed by atoms with Gasteiger partial charge in [-0.05, 0) is 18.1 Å². The molecule has 1 N–H and O–H groups in total. The minimum Gasteiger partial charge on any atom is -0.493 e. The number of ether oxygens (including phenoxy) is 1. The normalized spacial score (nSPS) is 15.9. The third-order valence-corrected chi connectivity index (χ3v) is 4.36. The highest BCUT2D eigenvalue weighted by atomic mass is 16.5. The molecule has 126 valence electrons. The molecular weight excluding hydrogens is 314 g/mol. The van der Waals surface area contributed by atoms with Crippen LogP contribution in [0.5, 0.6) is 5.75 Å². The number of para-hydroxylation sites is 1. The third kappa shape index (κ3) is 3.40. The number of rotatable bonds is 4. The number of amides is 1.